The minimum atomic E-state index is -0.210. The molecule has 146 valence electrons. The number of guanidine groups is 1. The lowest BCUT2D eigenvalue weighted by Gasteiger charge is -2.42. The summed E-state index contributed by atoms with van der Waals surface area (Å²) in [5.41, 5.74) is 1.42. The Morgan fingerprint density at radius 3 is 2.46 bits per heavy atom. The van der Waals surface area contributed by atoms with Crippen LogP contribution in [0.25, 0.3) is 0 Å². The van der Waals surface area contributed by atoms with Crippen LogP contribution >= 0.6 is 0 Å². The van der Waals surface area contributed by atoms with Gasteiger partial charge in [-0.3, -0.25) is 4.99 Å². The predicted molar refractivity (Wildman–Crippen MR) is 105 cm³/mol. The molecule has 1 aliphatic carbocycles. The number of methoxy groups -OCH3 is 1. The van der Waals surface area contributed by atoms with Crippen molar-refractivity contribution in [3.05, 3.63) is 35.6 Å². The predicted octanol–water partition coefficient (Wildman–Crippen LogP) is 2.80. The molecule has 0 aliphatic heterocycles. The second kappa shape index (κ2) is 9.88. The molecule has 1 aromatic carbocycles. The standard InChI is InChI=1S/C20H33FN4O/c1-22-19(24-15-20(10-5-11-20)12-13-26-4)23-14-18(25(2)3)16-6-8-17(21)9-7-16/h6-9,18H,5,10-15H2,1-4H3,(H2,22,23,24). The van der Waals surface area contributed by atoms with Crippen molar-refractivity contribution in [1.82, 2.24) is 15.5 Å². The lowest BCUT2D eigenvalue weighted by molar-refractivity contribution is 0.0732. The van der Waals surface area contributed by atoms with E-state index in [1.165, 1.54) is 31.4 Å². The Balaban J connectivity index is 1.89. The Bertz CT molecular complexity index is 570. The molecular formula is C20H33FN4O. The number of hydrogen-bond acceptors (Lipinski definition) is 3. The van der Waals surface area contributed by atoms with Gasteiger partial charge < -0.3 is 20.3 Å². The van der Waals surface area contributed by atoms with E-state index in [1.807, 2.05) is 26.2 Å². The molecule has 1 fully saturated rings. The van der Waals surface area contributed by atoms with Crippen molar-refractivity contribution in [3.63, 3.8) is 0 Å². The molecule has 1 aromatic rings. The smallest absolute Gasteiger partial charge is 0.191 e. The topological polar surface area (TPSA) is 48.9 Å². The summed E-state index contributed by atoms with van der Waals surface area (Å²) in [5.74, 6) is 0.598. The molecule has 0 radical (unpaired) electrons. The van der Waals surface area contributed by atoms with Crippen LogP contribution in [0.2, 0.25) is 0 Å². The van der Waals surface area contributed by atoms with E-state index in [0.29, 0.717) is 12.0 Å². The van der Waals surface area contributed by atoms with Crippen molar-refractivity contribution < 1.29 is 9.13 Å². The van der Waals surface area contributed by atoms with Crippen LogP contribution in [0.5, 0.6) is 0 Å². The third-order valence-electron chi connectivity index (χ3n) is 5.45. The van der Waals surface area contributed by atoms with Gasteiger partial charge in [0.15, 0.2) is 5.96 Å². The normalized spacial score (nSPS) is 17.7. The van der Waals surface area contributed by atoms with E-state index < -0.39 is 0 Å². The zero-order chi connectivity index (χ0) is 19.0. The Kier molecular flexibility index (Phi) is 7.85. The van der Waals surface area contributed by atoms with Crippen LogP contribution in [-0.2, 0) is 4.74 Å². The van der Waals surface area contributed by atoms with Crippen molar-refractivity contribution in [2.75, 3.05) is 47.9 Å². The van der Waals surface area contributed by atoms with Crippen LogP contribution in [-0.4, -0.2) is 58.8 Å². The molecule has 5 nitrogen and oxygen atoms in total. The Hall–Kier alpha value is -1.66. The van der Waals surface area contributed by atoms with Crippen LogP contribution in [0, 0.1) is 11.2 Å². The van der Waals surface area contributed by atoms with Gasteiger partial charge in [0.25, 0.3) is 0 Å². The number of ether oxygens (including phenoxy) is 1. The molecule has 0 spiro atoms. The first kappa shape index (κ1) is 20.6. The summed E-state index contributed by atoms with van der Waals surface area (Å²) in [6.45, 7) is 2.42. The molecule has 1 unspecified atom stereocenters. The van der Waals surface area contributed by atoms with Crippen molar-refractivity contribution in [3.8, 4) is 0 Å². The van der Waals surface area contributed by atoms with Gasteiger partial charge in [-0.15, -0.1) is 0 Å². The van der Waals surface area contributed by atoms with Crippen LogP contribution in [0.3, 0.4) is 0 Å². The van der Waals surface area contributed by atoms with E-state index in [9.17, 15) is 4.39 Å². The molecule has 1 saturated carbocycles. The van der Waals surface area contributed by atoms with Crippen LogP contribution < -0.4 is 10.6 Å². The highest BCUT2D eigenvalue weighted by molar-refractivity contribution is 5.79. The molecule has 0 aromatic heterocycles. The van der Waals surface area contributed by atoms with E-state index in [0.717, 1.165) is 31.1 Å². The first-order valence-corrected chi connectivity index (χ1v) is 9.35. The fourth-order valence-electron chi connectivity index (χ4n) is 3.48. The van der Waals surface area contributed by atoms with Gasteiger partial charge in [0, 0.05) is 33.9 Å². The van der Waals surface area contributed by atoms with Crippen molar-refractivity contribution in [1.29, 1.82) is 0 Å². The van der Waals surface area contributed by atoms with Gasteiger partial charge in [-0.1, -0.05) is 18.6 Å². The summed E-state index contributed by atoms with van der Waals surface area (Å²) in [6.07, 6.45) is 4.88. The van der Waals surface area contributed by atoms with E-state index in [4.69, 9.17) is 4.74 Å². The van der Waals surface area contributed by atoms with Crippen LogP contribution in [0.4, 0.5) is 4.39 Å². The molecule has 6 heteroatoms. The van der Waals surface area contributed by atoms with E-state index >= 15 is 0 Å². The maximum absolute atomic E-state index is 13.2. The molecule has 0 bridgehead atoms. The molecule has 1 atom stereocenters. The van der Waals surface area contributed by atoms with Gasteiger partial charge in [-0.2, -0.15) is 0 Å². The molecule has 0 amide bonds. The largest absolute Gasteiger partial charge is 0.385 e. The molecule has 0 saturated heterocycles. The zero-order valence-electron chi connectivity index (χ0n) is 16.5. The third-order valence-corrected chi connectivity index (χ3v) is 5.45. The van der Waals surface area contributed by atoms with Gasteiger partial charge in [0.2, 0.25) is 0 Å². The fourth-order valence-corrected chi connectivity index (χ4v) is 3.48. The maximum atomic E-state index is 13.2. The van der Waals surface area contributed by atoms with Crippen molar-refractivity contribution in [2.45, 2.75) is 31.7 Å². The third kappa shape index (κ3) is 5.68. The molecule has 0 heterocycles. The monoisotopic (exact) mass is 364 g/mol. The number of benzene rings is 1. The summed E-state index contributed by atoms with van der Waals surface area (Å²) in [4.78, 5) is 6.48. The number of hydrogen-bond donors (Lipinski definition) is 2. The summed E-state index contributed by atoms with van der Waals surface area (Å²) in [7, 11) is 7.61. The number of aliphatic imine (C=N–C) groups is 1. The SMILES string of the molecule is CN=C(NCC(c1ccc(F)cc1)N(C)C)NCC1(CCOC)CCC1. The molecular weight excluding hydrogens is 331 g/mol. The van der Waals surface area contributed by atoms with Crippen LogP contribution in [0.15, 0.2) is 29.3 Å². The number of nitrogens with one attached hydrogen (secondary N) is 2. The first-order valence-electron chi connectivity index (χ1n) is 9.35. The number of likely N-dealkylation sites (N-methyl/N-ethyl adjacent to an activating group) is 1. The highest BCUT2D eigenvalue weighted by Crippen LogP contribution is 2.43. The summed E-state index contributed by atoms with van der Waals surface area (Å²) in [6, 6.07) is 6.84. The minimum absolute atomic E-state index is 0.139. The highest BCUT2D eigenvalue weighted by atomic mass is 19.1. The maximum Gasteiger partial charge on any atom is 0.191 e. The van der Waals surface area contributed by atoms with Crippen LogP contribution in [0.1, 0.15) is 37.3 Å². The molecule has 2 rings (SSSR count). The van der Waals surface area contributed by atoms with Crippen molar-refractivity contribution >= 4 is 5.96 Å². The molecule has 1 aliphatic rings. The van der Waals surface area contributed by atoms with E-state index in [2.05, 4.69) is 20.5 Å². The van der Waals surface area contributed by atoms with Gasteiger partial charge in [0.05, 0.1) is 6.04 Å². The Morgan fingerprint density at radius 1 is 1.27 bits per heavy atom. The fraction of sp³-hybridized carbons (Fsp3) is 0.650. The summed E-state index contributed by atoms with van der Waals surface area (Å²) in [5, 5.41) is 6.89. The van der Waals surface area contributed by atoms with Gasteiger partial charge in [0.1, 0.15) is 5.82 Å². The molecule has 2 N–H and O–H groups in total. The number of rotatable bonds is 9. The summed E-state index contributed by atoms with van der Waals surface area (Å²) < 4.78 is 18.5. The minimum Gasteiger partial charge on any atom is -0.385 e. The Morgan fingerprint density at radius 2 is 1.96 bits per heavy atom. The average molecular weight is 365 g/mol. The lowest BCUT2D eigenvalue weighted by Crippen LogP contribution is -2.48. The van der Waals surface area contributed by atoms with Gasteiger partial charge in [-0.05, 0) is 56.5 Å². The molecule has 26 heavy (non-hydrogen) atoms. The second-order valence-corrected chi connectivity index (χ2v) is 7.43. The first-order chi connectivity index (χ1) is 12.5. The van der Waals surface area contributed by atoms with Crippen molar-refractivity contribution in [2.24, 2.45) is 10.4 Å². The van der Waals surface area contributed by atoms with E-state index in [1.54, 1.807) is 14.2 Å². The Labute approximate surface area is 157 Å². The lowest BCUT2D eigenvalue weighted by atomic mass is 9.67. The number of nitrogens with zero attached hydrogens (tertiary/aromatic N) is 2. The second-order valence-electron chi connectivity index (χ2n) is 7.43. The van der Waals surface area contributed by atoms with Gasteiger partial charge >= 0.3 is 0 Å². The summed E-state index contributed by atoms with van der Waals surface area (Å²) >= 11 is 0. The average Bonchev–Trinajstić information content (AvgIpc) is 2.60. The van der Waals surface area contributed by atoms with Gasteiger partial charge in [-0.25, -0.2) is 4.39 Å². The quantitative estimate of drug-likeness (QED) is 0.523. The highest BCUT2D eigenvalue weighted by Gasteiger charge is 2.36. The zero-order valence-corrected chi connectivity index (χ0v) is 16.5. The number of halogens is 1. The van der Waals surface area contributed by atoms with E-state index in [-0.39, 0.29) is 11.9 Å².